The van der Waals surface area contributed by atoms with Crippen LogP contribution >= 0.6 is 15.9 Å². The van der Waals surface area contributed by atoms with Crippen molar-refractivity contribution in [3.8, 4) is 5.75 Å². The van der Waals surface area contributed by atoms with E-state index in [-0.39, 0.29) is 0 Å². The Kier molecular flexibility index (Phi) is 3.52. The van der Waals surface area contributed by atoms with Gasteiger partial charge in [-0.2, -0.15) is 0 Å². The van der Waals surface area contributed by atoms with Crippen LogP contribution in [0.4, 0.5) is 5.69 Å². The van der Waals surface area contributed by atoms with E-state index in [2.05, 4.69) is 26.9 Å². The highest BCUT2D eigenvalue weighted by Crippen LogP contribution is 2.31. The molecule has 3 heteroatoms. The zero-order valence-electron chi connectivity index (χ0n) is 9.00. The van der Waals surface area contributed by atoms with E-state index in [0.29, 0.717) is 0 Å². The third-order valence-corrected chi connectivity index (χ3v) is 3.49. The van der Waals surface area contributed by atoms with Crippen molar-refractivity contribution in [1.82, 2.24) is 0 Å². The van der Waals surface area contributed by atoms with Gasteiger partial charge in [0, 0.05) is 17.6 Å². The fourth-order valence-corrected chi connectivity index (χ4v) is 2.61. The molecule has 1 aliphatic heterocycles. The van der Waals surface area contributed by atoms with Crippen molar-refractivity contribution in [2.45, 2.75) is 19.3 Å². The SMILES string of the molecule is COc1ccc(N2CCCCC2)c(Br)c1. The van der Waals surface area contributed by atoms with Crippen LogP contribution in [0, 0.1) is 0 Å². The second kappa shape index (κ2) is 4.88. The topological polar surface area (TPSA) is 12.5 Å². The van der Waals surface area contributed by atoms with Crippen LogP contribution < -0.4 is 9.64 Å². The molecule has 0 radical (unpaired) electrons. The number of ether oxygens (including phenoxy) is 1. The molecule has 1 aromatic carbocycles. The predicted octanol–water partition coefficient (Wildman–Crippen LogP) is 3.45. The van der Waals surface area contributed by atoms with E-state index in [1.54, 1.807) is 7.11 Å². The van der Waals surface area contributed by atoms with E-state index in [1.807, 2.05) is 12.1 Å². The standard InChI is InChI=1S/C12H16BrNO/c1-15-10-5-6-12(11(13)9-10)14-7-3-2-4-8-14/h5-6,9H,2-4,7-8H2,1H3. The number of anilines is 1. The summed E-state index contributed by atoms with van der Waals surface area (Å²) in [5, 5.41) is 0. The van der Waals surface area contributed by atoms with Crippen LogP contribution in [0.15, 0.2) is 22.7 Å². The van der Waals surface area contributed by atoms with E-state index >= 15 is 0 Å². The third-order valence-electron chi connectivity index (χ3n) is 2.85. The molecule has 0 N–H and O–H groups in total. The van der Waals surface area contributed by atoms with Gasteiger partial charge in [-0.25, -0.2) is 0 Å². The molecule has 1 fully saturated rings. The van der Waals surface area contributed by atoms with E-state index in [4.69, 9.17) is 4.74 Å². The minimum absolute atomic E-state index is 0.905. The molecule has 0 aromatic heterocycles. The monoisotopic (exact) mass is 269 g/mol. The Balaban J connectivity index is 2.19. The zero-order valence-corrected chi connectivity index (χ0v) is 10.6. The Morgan fingerprint density at radius 1 is 1.20 bits per heavy atom. The van der Waals surface area contributed by atoms with Crippen molar-refractivity contribution in [1.29, 1.82) is 0 Å². The Labute approximate surface area is 99.4 Å². The van der Waals surface area contributed by atoms with Crippen LogP contribution in [-0.2, 0) is 0 Å². The van der Waals surface area contributed by atoms with Crippen molar-refractivity contribution in [3.05, 3.63) is 22.7 Å². The van der Waals surface area contributed by atoms with Gasteiger partial charge < -0.3 is 9.64 Å². The van der Waals surface area contributed by atoms with Crippen LogP contribution in [0.3, 0.4) is 0 Å². The molecule has 0 aliphatic carbocycles. The number of hydrogen-bond donors (Lipinski definition) is 0. The molecule has 0 bridgehead atoms. The van der Waals surface area contributed by atoms with Crippen molar-refractivity contribution in [2.75, 3.05) is 25.1 Å². The highest BCUT2D eigenvalue weighted by atomic mass is 79.9. The Morgan fingerprint density at radius 2 is 1.93 bits per heavy atom. The van der Waals surface area contributed by atoms with Crippen molar-refractivity contribution in [3.63, 3.8) is 0 Å². The number of methoxy groups -OCH3 is 1. The Bertz CT molecular complexity index is 334. The molecule has 2 rings (SSSR count). The number of hydrogen-bond acceptors (Lipinski definition) is 2. The first-order valence-electron chi connectivity index (χ1n) is 5.40. The van der Waals surface area contributed by atoms with Gasteiger partial charge in [-0.1, -0.05) is 0 Å². The molecule has 0 atom stereocenters. The van der Waals surface area contributed by atoms with Gasteiger partial charge in [0.2, 0.25) is 0 Å². The van der Waals surface area contributed by atoms with Gasteiger partial charge in [0.25, 0.3) is 0 Å². The number of piperidine rings is 1. The lowest BCUT2D eigenvalue weighted by Gasteiger charge is -2.29. The predicted molar refractivity (Wildman–Crippen MR) is 66.8 cm³/mol. The Morgan fingerprint density at radius 3 is 2.53 bits per heavy atom. The van der Waals surface area contributed by atoms with Crippen LogP contribution in [0.25, 0.3) is 0 Å². The maximum atomic E-state index is 5.19. The van der Waals surface area contributed by atoms with Gasteiger partial charge in [0.05, 0.1) is 12.8 Å². The van der Waals surface area contributed by atoms with Crippen LogP contribution in [-0.4, -0.2) is 20.2 Å². The number of nitrogens with zero attached hydrogens (tertiary/aromatic N) is 1. The van der Waals surface area contributed by atoms with Gasteiger partial charge >= 0.3 is 0 Å². The Hall–Kier alpha value is -0.700. The molecule has 0 unspecified atom stereocenters. The molecule has 0 saturated carbocycles. The van der Waals surface area contributed by atoms with Crippen molar-refractivity contribution >= 4 is 21.6 Å². The molecule has 1 saturated heterocycles. The summed E-state index contributed by atoms with van der Waals surface area (Å²) in [5.41, 5.74) is 1.29. The highest BCUT2D eigenvalue weighted by molar-refractivity contribution is 9.10. The second-order valence-corrected chi connectivity index (χ2v) is 4.72. The minimum Gasteiger partial charge on any atom is -0.497 e. The first-order valence-corrected chi connectivity index (χ1v) is 6.19. The smallest absolute Gasteiger partial charge is 0.120 e. The number of halogens is 1. The van der Waals surface area contributed by atoms with Gasteiger partial charge in [-0.15, -0.1) is 0 Å². The quantitative estimate of drug-likeness (QED) is 0.816. The largest absolute Gasteiger partial charge is 0.497 e. The van der Waals surface area contributed by atoms with E-state index in [1.165, 1.54) is 38.0 Å². The average molecular weight is 270 g/mol. The molecule has 1 aliphatic rings. The van der Waals surface area contributed by atoms with Crippen LogP contribution in [0.2, 0.25) is 0 Å². The number of benzene rings is 1. The summed E-state index contributed by atoms with van der Waals surface area (Å²) in [6.45, 7) is 2.34. The second-order valence-electron chi connectivity index (χ2n) is 3.87. The summed E-state index contributed by atoms with van der Waals surface area (Å²) in [7, 11) is 1.70. The summed E-state index contributed by atoms with van der Waals surface area (Å²) in [4.78, 5) is 2.44. The molecule has 2 nitrogen and oxygen atoms in total. The number of rotatable bonds is 2. The van der Waals surface area contributed by atoms with E-state index in [0.717, 1.165) is 10.2 Å². The molecule has 1 aromatic rings. The molecule has 1 heterocycles. The van der Waals surface area contributed by atoms with E-state index in [9.17, 15) is 0 Å². The molecule has 0 amide bonds. The molecule has 82 valence electrons. The maximum absolute atomic E-state index is 5.19. The molecular weight excluding hydrogens is 254 g/mol. The highest BCUT2D eigenvalue weighted by Gasteiger charge is 2.13. The normalized spacial score (nSPS) is 16.5. The summed E-state index contributed by atoms with van der Waals surface area (Å²) >= 11 is 3.60. The van der Waals surface area contributed by atoms with Gasteiger partial charge in [-0.3, -0.25) is 0 Å². The fraction of sp³-hybridized carbons (Fsp3) is 0.500. The lowest BCUT2D eigenvalue weighted by atomic mass is 10.1. The summed E-state index contributed by atoms with van der Waals surface area (Å²) in [5.74, 6) is 0.905. The minimum atomic E-state index is 0.905. The summed E-state index contributed by atoms with van der Waals surface area (Å²) in [6.07, 6.45) is 3.97. The van der Waals surface area contributed by atoms with E-state index < -0.39 is 0 Å². The van der Waals surface area contributed by atoms with Crippen molar-refractivity contribution in [2.24, 2.45) is 0 Å². The third kappa shape index (κ3) is 2.46. The first-order chi connectivity index (χ1) is 7.31. The molecule has 0 spiro atoms. The summed E-state index contributed by atoms with van der Waals surface area (Å²) in [6, 6.07) is 6.19. The maximum Gasteiger partial charge on any atom is 0.120 e. The lowest BCUT2D eigenvalue weighted by molar-refractivity contribution is 0.414. The van der Waals surface area contributed by atoms with Gasteiger partial charge in [0.15, 0.2) is 0 Å². The van der Waals surface area contributed by atoms with Gasteiger partial charge in [0.1, 0.15) is 5.75 Å². The van der Waals surface area contributed by atoms with Gasteiger partial charge in [-0.05, 0) is 53.4 Å². The lowest BCUT2D eigenvalue weighted by Crippen LogP contribution is -2.29. The molecule has 15 heavy (non-hydrogen) atoms. The first kappa shape index (κ1) is 10.8. The van der Waals surface area contributed by atoms with Crippen LogP contribution in [0.5, 0.6) is 5.75 Å². The molecular formula is C12H16BrNO. The fourth-order valence-electron chi connectivity index (χ4n) is 2.01. The zero-order chi connectivity index (χ0) is 10.7. The van der Waals surface area contributed by atoms with Crippen LogP contribution in [0.1, 0.15) is 19.3 Å². The summed E-state index contributed by atoms with van der Waals surface area (Å²) < 4.78 is 6.32. The van der Waals surface area contributed by atoms with Crippen molar-refractivity contribution < 1.29 is 4.74 Å². The average Bonchev–Trinajstić information content (AvgIpc) is 2.30.